The molecule has 2 aromatic carbocycles. The van der Waals surface area contributed by atoms with Crippen molar-refractivity contribution in [2.45, 2.75) is 39.3 Å². The molecule has 7 nitrogen and oxygen atoms in total. The Balaban J connectivity index is 2.07. The molecule has 150 valence electrons. The van der Waals surface area contributed by atoms with Crippen LogP contribution in [0.25, 0.3) is 0 Å². The Kier molecular flexibility index (Phi) is 7.12. The molecule has 0 bridgehead atoms. The van der Waals surface area contributed by atoms with Crippen molar-refractivity contribution in [2.24, 2.45) is 0 Å². The van der Waals surface area contributed by atoms with Crippen molar-refractivity contribution >= 4 is 17.3 Å². The number of rotatable bonds is 8. The highest BCUT2D eigenvalue weighted by Crippen LogP contribution is 2.28. The van der Waals surface area contributed by atoms with Crippen molar-refractivity contribution in [1.29, 1.82) is 0 Å². The predicted molar refractivity (Wildman–Crippen MR) is 109 cm³/mol. The van der Waals surface area contributed by atoms with E-state index < -0.39 is 4.92 Å². The highest BCUT2D eigenvalue weighted by atomic mass is 16.6. The average molecular weight is 386 g/mol. The first-order chi connectivity index (χ1) is 13.2. The molecule has 2 atom stereocenters. The fourth-order valence-corrected chi connectivity index (χ4v) is 2.87. The smallest absolute Gasteiger partial charge is 0.282 e. The standard InChI is InChI=1S/C21H27N3O4/c1-14(2)17-8-6-16(7-9-17)13-23(4)15(3)21(25)22-19-12-18(24(26)27)10-11-20(19)28-5/h6-12,14-15H,13H2,1-5H3,(H,22,25)/p+1/t15-/m1/s1. The number of nitro groups is 1. The van der Waals surface area contributed by atoms with Crippen LogP contribution in [0.5, 0.6) is 5.75 Å². The third-order valence-electron chi connectivity index (χ3n) is 4.91. The molecule has 0 aliphatic rings. The minimum absolute atomic E-state index is 0.102. The highest BCUT2D eigenvalue weighted by molar-refractivity contribution is 5.95. The van der Waals surface area contributed by atoms with Crippen LogP contribution < -0.4 is 15.0 Å². The van der Waals surface area contributed by atoms with E-state index >= 15 is 0 Å². The molecule has 0 radical (unpaired) electrons. The van der Waals surface area contributed by atoms with Crippen LogP contribution in [0.4, 0.5) is 11.4 Å². The van der Waals surface area contributed by atoms with Crippen LogP contribution in [0.1, 0.15) is 37.8 Å². The molecule has 0 saturated carbocycles. The van der Waals surface area contributed by atoms with Crippen molar-refractivity contribution in [3.05, 3.63) is 63.7 Å². The summed E-state index contributed by atoms with van der Waals surface area (Å²) in [7, 11) is 3.41. The zero-order valence-corrected chi connectivity index (χ0v) is 17.0. The van der Waals surface area contributed by atoms with Gasteiger partial charge in [0, 0.05) is 17.7 Å². The molecule has 0 heterocycles. The van der Waals surface area contributed by atoms with Gasteiger partial charge in [0.25, 0.3) is 11.6 Å². The van der Waals surface area contributed by atoms with Crippen molar-refractivity contribution in [2.75, 3.05) is 19.5 Å². The Labute approximate surface area is 165 Å². The van der Waals surface area contributed by atoms with Crippen LogP contribution in [0.3, 0.4) is 0 Å². The number of nitro benzene ring substituents is 1. The minimum Gasteiger partial charge on any atom is -0.495 e. The maximum atomic E-state index is 12.7. The molecule has 2 rings (SSSR count). The summed E-state index contributed by atoms with van der Waals surface area (Å²) in [5.41, 5.74) is 2.62. The van der Waals surface area contributed by atoms with Gasteiger partial charge >= 0.3 is 0 Å². The number of hydrogen-bond donors (Lipinski definition) is 2. The fourth-order valence-electron chi connectivity index (χ4n) is 2.87. The molecule has 0 aliphatic heterocycles. The first-order valence-corrected chi connectivity index (χ1v) is 9.27. The van der Waals surface area contributed by atoms with E-state index in [1.54, 1.807) is 0 Å². The Morgan fingerprint density at radius 1 is 1.18 bits per heavy atom. The van der Waals surface area contributed by atoms with Gasteiger partial charge in [0.1, 0.15) is 12.3 Å². The monoisotopic (exact) mass is 386 g/mol. The maximum absolute atomic E-state index is 12.7. The van der Waals surface area contributed by atoms with Gasteiger partial charge < -0.3 is 15.0 Å². The summed E-state index contributed by atoms with van der Waals surface area (Å²) in [5, 5.41) is 13.8. The summed E-state index contributed by atoms with van der Waals surface area (Å²) < 4.78 is 5.20. The summed E-state index contributed by atoms with van der Waals surface area (Å²) in [5.74, 6) is 0.636. The molecule has 0 aromatic heterocycles. The van der Waals surface area contributed by atoms with E-state index in [-0.39, 0.29) is 17.6 Å². The topological polar surface area (TPSA) is 85.9 Å². The fraction of sp³-hybridized carbons (Fsp3) is 0.381. The number of amides is 1. The van der Waals surface area contributed by atoms with E-state index in [4.69, 9.17) is 4.74 Å². The lowest BCUT2D eigenvalue weighted by atomic mass is 10.0. The van der Waals surface area contributed by atoms with Gasteiger partial charge in [0.15, 0.2) is 6.04 Å². The van der Waals surface area contributed by atoms with Gasteiger partial charge in [0.2, 0.25) is 0 Å². The van der Waals surface area contributed by atoms with Gasteiger partial charge in [-0.25, -0.2) is 0 Å². The number of likely N-dealkylation sites (N-methyl/N-ethyl adjacent to an activating group) is 1. The summed E-state index contributed by atoms with van der Waals surface area (Å²) in [6, 6.07) is 12.2. The third-order valence-corrected chi connectivity index (χ3v) is 4.91. The minimum atomic E-state index is -0.503. The number of nitrogens with zero attached hydrogens (tertiary/aromatic N) is 1. The van der Waals surface area contributed by atoms with Crippen molar-refractivity contribution in [1.82, 2.24) is 0 Å². The Bertz CT molecular complexity index is 834. The predicted octanol–water partition coefficient (Wildman–Crippen LogP) is 2.77. The van der Waals surface area contributed by atoms with Crippen molar-refractivity contribution in [3.63, 3.8) is 0 Å². The molecule has 7 heteroatoms. The van der Waals surface area contributed by atoms with Gasteiger partial charge in [-0.2, -0.15) is 0 Å². The van der Waals surface area contributed by atoms with Crippen LogP contribution in [0, 0.1) is 10.1 Å². The zero-order valence-electron chi connectivity index (χ0n) is 17.0. The molecule has 28 heavy (non-hydrogen) atoms. The first-order valence-electron chi connectivity index (χ1n) is 9.27. The van der Waals surface area contributed by atoms with Crippen LogP contribution in [0.2, 0.25) is 0 Å². The molecule has 2 aromatic rings. The van der Waals surface area contributed by atoms with Crippen LogP contribution in [-0.2, 0) is 11.3 Å². The number of hydrogen-bond acceptors (Lipinski definition) is 4. The van der Waals surface area contributed by atoms with Gasteiger partial charge in [-0.3, -0.25) is 14.9 Å². The quantitative estimate of drug-likeness (QED) is 0.540. The Morgan fingerprint density at radius 3 is 2.36 bits per heavy atom. The second-order valence-corrected chi connectivity index (χ2v) is 7.27. The lowest BCUT2D eigenvalue weighted by Gasteiger charge is -2.22. The summed E-state index contributed by atoms with van der Waals surface area (Å²) in [6.45, 7) is 6.83. The lowest BCUT2D eigenvalue weighted by molar-refractivity contribution is -0.907. The normalized spacial score (nSPS) is 13.1. The van der Waals surface area contributed by atoms with Crippen LogP contribution >= 0.6 is 0 Å². The number of carbonyl (C=O) groups is 1. The number of methoxy groups -OCH3 is 1. The number of ether oxygens (including phenoxy) is 1. The van der Waals surface area contributed by atoms with E-state index in [0.717, 1.165) is 10.5 Å². The van der Waals surface area contributed by atoms with Crippen molar-refractivity contribution in [3.8, 4) is 5.75 Å². The van der Waals surface area contributed by atoms with E-state index in [2.05, 4.69) is 43.4 Å². The second-order valence-electron chi connectivity index (χ2n) is 7.27. The van der Waals surface area contributed by atoms with Crippen molar-refractivity contribution < 1.29 is 19.4 Å². The van der Waals surface area contributed by atoms with E-state index in [0.29, 0.717) is 23.9 Å². The molecule has 0 saturated heterocycles. The first kappa shape index (κ1) is 21.4. The third kappa shape index (κ3) is 5.29. The lowest BCUT2D eigenvalue weighted by Crippen LogP contribution is -3.12. The zero-order chi connectivity index (χ0) is 20.8. The summed E-state index contributed by atoms with van der Waals surface area (Å²) >= 11 is 0. The van der Waals surface area contributed by atoms with E-state index in [1.165, 1.54) is 30.9 Å². The maximum Gasteiger partial charge on any atom is 0.282 e. The van der Waals surface area contributed by atoms with E-state index in [9.17, 15) is 14.9 Å². The van der Waals surface area contributed by atoms with Gasteiger partial charge in [-0.15, -0.1) is 0 Å². The molecule has 2 N–H and O–H groups in total. The van der Waals surface area contributed by atoms with Gasteiger partial charge in [-0.1, -0.05) is 38.1 Å². The molecule has 0 aliphatic carbocycles. The molecule has 0 spiro atoms. The molecule has 0 fully saturated rings. The number of anilines is 1. The number of benzene rings is 2. The SMILES string of the molecule is COc1ccc([N+](=O)[O-])cc1NC(=O)[C@@H](C)[NH+](C)Cc1ccc(C(C)C)cc1. The molecule has 1 amide bonds. The van der Waals surface area contributed by atoms with Crippen LogP contribution in [-0.4, -0.2) is 31.0 Å². The number of carbonyl (C=O) groups excluding carboxylic acids is 1. The summed E-state index contributed by atoms with van der Waals surface area (Å²) in [4.78, 5) is 24.2. The number of nitrogens with one attached hydrogen (secondary N) is 2. The Hall–Kier alpha value is -2.93. The summed E-state index contributed by atoms with van der Waals surface area (Å²) in [6.07, 6.45) is 0. The molecular weight excluding hydrogens is 358 g/mol. The van der Waals surface area contributed by atoms with Crippen LogP contribution in [0.15, 0.2) is 42.5 Å². The van der Waals surface area contributed by atoms with Gasteiger partial charge in [-0.05, 0) is 24.5 Å². The molecular formula is C21H28N3O4+. The van der Waals surface area contributed by atoms with Gasteiger partial charge in [0.05, 0.1) is 24.8 Å². The number of non-ortho nitro benzene ring substituents is 1. The Morgan fingerprint density at radius 2 is 1.82 bits per heavy atom. The van der Waals surface area contributed by atoms with E-state index in [1.807, 2.05) is 14.0 Å². The average Bonchev–Trinajstić information content (AvgIpc) is 2.67. The second kappa shape index (κ2) is 9.32. The largest absolute Gasteiger partial charge is 0.495 e. The number of quaternary nitrogens is 1. The molecule has 1 unspecified atom stereocenters. The highest BCUT2D eigenvalue weighted by Gasteiger charge is 2.24.